The third-order valence-electron chi connectivity index (χ3n) is 4.00. The number of fused-ring (bicyclic) bond motifs is 1. The highest BCUT2D eigenvalue weighted by Gasteiger charge is 2.26. The zero-order valence-electron chi connectivity index (χ0n) is 12.5. The summed E-state index contributed by atoms with van der Waals surface area (Å²) in [5.41, 5.74) is 3.02. The zero-order valence-corrected chi connectivity index (χ0v) is 13.3. The number of ether oxygens (including phenoxy) is 2. The van der Waals surface area contributed by atoms with Crippen molar-refractivity contribution in [1.29, 1.82) is 0 Å². The molecule has 116 valence electrons. The smallest absolute Gasteiger partial charge is 0.161 e. The minimum atomic E-state index is -0.123. The lowest BCUT2D eigenvalue weighted by molar-refractivity contribution is 0.352. The summed E-state index contributed by atoms with van der Waals surface area (Å²) < 4.78 is 10.8. The van der Waals surface area contributed by atoms with E-state index in [9.17, 15) is 5.11 Å². The number of hydrogen-bond acceptors (Lipinski definition) is 4. The minimum absolute atomic E-state index is 0.123. The van der Waals surface area contributed by atoms with Crippen LogP contribution in [0, 0.1) is 0 Å². The predicted molar refractivity (Wildman–Crippen MR) is 86.2 cm³/mol. The maximum Gasteiger partial charge on any atom is 0.161 e. The Morgan fingerprint density at radius 2 is 1.82 bits per heavy atom. The molecule has 0 aliphatic carbocycles. The molecular formula is C17H18ClNO3. The number of methoxy groups -OCH3 is 2. The van der Waals surface area contributed by atoms with Crippen LogP contribution in [0.3, 0.4) is 0 Å². The lowest BCUT2D eigenvalue weighted by Crippen LogP contribution is -2.30. The largest absolute Gasteiger partial charge is 0.508 e. The minimum Gasteiger partial charge on any atom is -0.508 e. The summed E-state index contributed by atoms with van der Waals surface area (Å²) in [5.74, 6) is 1.62. The molecule has 1 atom stereocenters. The highest BCUT2D eigenvalue weighted by Crippen LogP contribution is 2.40. The summed E-state index contributed by atoms with van der Waals surface area (Å²) in [6, 6.07) is 8.94. The molecule has 0 bridgehead atoms. The molecule has 1 aliphatic rings. The number of aromatic hydroxyl groups is 1. The maximum atomic E-state index is 10.2. The third-order valence-corrected chi connectivity index (χ3v) is 4.23. The van der Waals surface area contributed by atoms with Gasteiger partial charge in [-0.3, -0.25) is 0 Å². The lowest BCUT2D eigenvalue weighted by Gasteiger charge is -2.29. The molecule has 0 amide bonds. The van der Waals surface area contributed by atoms with Crippen LogP contribution in [-0.4, -0.2) is 25.9 Å². The first-order chi connectivity index (χ1) is 10.6. The molecule has 2 aromatic carbocycles. The molecule has 3 rings (SSSR count). The second-order valence-electron chi connectivity index (χ2n) is 5.25. The summed E-state index contributed by atoms with van der Waals surface area (Å²) in [6.45, 7) is 0.819. The van der Waals surface area contributed by atoms with Crippen molar-refractivity contribution in [3.8, 4) is 17.2 Å². The highest BCUT2D eigenvalue weighted by atomic mass is 35.5. The Kier molecular flexibility index (Phi) is 4.14. The van der Waals surface area contributed by atoms with Gasteiger partial charge in [-0.05, 0) is 47.9 Å². The van der Waals surface area contributed by atoms with Crippen LogP contribution in [0.2, 0.25) is 5.02 Å². The van der Waals surface area contributed by atoms with Crippen molar-refractivity contribution in [2.24, 2.45) is 0 Å². The van der Waals surface area contributed by atoms with Gasteiger partial charge in [-0.2, -0.15) is 0 Å². The van der Waals surface area contributed by atoms with E-state index in [1.54, 1.807) is 32.4 Å². The fourth-order valence-corrected chi connectivity index (χ4v) is 3.10. The Labute approximate surface area is 134 Å². The fraction of sp³-hybridized carbons (Fsp3) is 0.294. The molecule has 0 spiro atoms. The van der Waals surface area contributed by atoms with Crippen molar-refractivity contribution >= 4 is 11.6 Å². The average molecular weight is 320 g/mol. The Bertz CT molecular complexity index is 703. The number of benzene rings is 2. The van der Waals surface area contributed by atoms with E-state index in [2.05, 4.69) is 5.32 Å². The normalized spacial score (nSPS) is 17.0. The van der Waals surface area contributed by atoms with Gasteiger partial charge in [-0.25, -0.2) is 0 Å². The van der Waals surface area contributed by atoms with Crippen molar-refractivity contribution in [2.45, 2.75) is 12.5 Å². The number of phenolic OH excluding ortho intramolecular Hbond substituents is 1. The van der Waals surface area contributed by atoms with Gasteiger partial charge < -0.3 is 19.9 Å². The van der Waals surface area contributed by atoms with Gasteiger partial charge in [0.2, 0.25) is 0 Å². The number of hydrogen-bond donors (Lipinski definition) is 2. The molecule has 0 aromatic heterocycles. The van der Waals surface area contributed by atoms with Crippen LogP contribution >= 0.6 is 11.6 Å². The topological polar surface area (TPSA) is 50.7 Å². The van der Waals surface area contributed by atoms with Crippen LogP contribution in [-0.2, 0) is 6.42 Å². The van der Waals surface area contributed by atoms with Gasteiger partial charge >= 0.3 is 0 Å². The molecule has 2 aromatic rings. The number of halogens is 1. The first-order valence-corrected chi connectivity index (χ1v) is 7.48. The first kappa shape index (κ1) is 15.0. The van der Waals surface area contributed by atoms with Gasteiger partial charge in [0.15, 0.2) is 11.5 Å². The molecular weight excluding hydrogens is 302 g/mol. The Hall–Kier alpha value is -1.91. The SMILES string of the molecule is COc1cc2c(cc1OC)C(c1cc(Cl)ccc1O)NCC2. The Balaban J connectivity index is 2.13. The van der Waals surface area contributed by atoms with Crippen LogP contribution in [0.25, 0.3) is 0 Å². The second kappa shape index (κ2) is 6.07. The third kappa shape index (κ3) is 2.60. The maximum absolute atomic E-state index is 10.2. The van der Waals surface area contributed by atoms with Crippen LogP contribution in [0.5, 0.6) is 17.2 Å². The Morgan fingerprint density at radius 3 is 2.55 bits per heavy atom. The van der Waals surface area contributed by atoms with Gasteiger partial charge in [-0.15, -0.1) is 0 Å². The monoisotopic (exact) mass is 319 g/mol. The summed E-state index contributed by atoms with van der Waals surface area (Å²) >= 11 is 6.09. The molecule has 0 saturated carbocycles. The van der Waals surface area contributed by atoms with Gasteiger partial charge in [-0.1, -0.05) is 11.6 Å². The fourth-order valence-electron chi connectivity index (χ4n) is 2.92. The van der Waals surface area contributed by atoms with Gasteiger partial charge in [0, 0.05) is 17.1 Å². The zero-order chi connectivity index (χ0) is 15.7. The lowest BCUT2D eigenvalue weighted by atomic mass is 9.89. The number of phenols is 1. The molecule has 22 heavy (non-hydrogen) atoms. The quantitative estimate of drug-likeness (QED) is 0.911. The molecule has 5 heteroatoms. The average Bonchev–Trinajstić information content (AvgIpc) is 2.55. The molecule has 2 N–H and O–H groups in total. The summed E-state index contributed by atoms with van der Waals surface area (Å²) in [4.78, 5) is 0. The van der Waals surface area contributed by atoms with Crippen molar-refractivity contribution in [2.75, 3.05) is 20.8 Å². The summed E-state index contributed by atoms with van der Waals surface area (Å²) in [5, 5.41) is 14.2. The van der Waals surface area contributed by atoms with Crippen LogP contribution < -0.4 is 14.8 Å². The van der Waals surface area contributed by atoms with Crippen LogP contribution in [0.4, 0.5) is 0 Å². The van der Waals surface area contributed by atoms with Gasteiger partial charge in [0.25, 0.3) is 0 Å². The van der Waals surface area contributed by atoms with Crippen LogP contribution in [0.1, 0.15) is 22.7 Å². The van der Waals surface area contributed by atoms with E-state index in [4.69, 9.17) is 21.1 Å². The molecule has 1 aliphatic heterocycles. The van der Waals surface area contributed by atoms with E-state index in [1.165, 1.54) is 5.56 Å². The van der Waals surface area contributed by atoms with Gasteiger partial charge in [0.1, 0.15) is 5.75 Å². The van der Waals surface area contributed by atoms with Crippen LogP contribution in [0.15, 0.2) is 30.3 Å². The predicted octanol–water partition coefficient (Wildman–Crippen LogP) is 3.30. The standard InChI is InChI=1S/C17H18ClNO3/c1-21-15-7-10-5-6-19-17(12(10)9-16(15)22-2)13-8-11(18)3-4-14(13)20/h3-4,7-9,17,19-20H,5-6H2,1-2H3. The molecule has 4 nitrogen and oxygen atoms in total. The molecule has 0 radical (unpaired) electrons. The second-order valence-corrected chi connectivity index (χ2v) is 5.68. The van der Waals surface area contributed by atoms with Gasteiger partial charge in [0.05, 0.1) is 20.3 Å². The molecule has 0 saturated heterocycles. The molecule has 1 unspecified atom stereocenters. The van der Waals surface area contributed by atoms with E-state index in [-0.39, 0.29) is 11.8 Å². The van der Waals surface area contributed by atoms with Crippen molar-refractivity contribution in [3.05, 3.63) is 52.0 Å². The number of nitrogens with one attached hydrogen (secondary N) is 1. The van der Waals surface area contributed by atoms with Crippen molar-refractivity contribution < 1.29 is 14.6 Å². The highest BCUT2D eigenvalue weighted by molar-refractivity contribution is 6.30. The summed E-state index contributed by atoms with van der Waals surface area (Å²) in [7, 11) is 3.25. The molecule has 0 fully saturated rings. The van der Waals surface area contributed by atoms with E-state index >= 15 is 0 Å². The van der Waals surface area contributed by atoms with E-state index in [0.717, 1.165) is 29.8 Å². The number of rotatable bonds is 3. The Morgan fingerprint density at radius 1 is 1.09 bits per heavy atom. The first-order valence-electron chi connectivity index (χ1n) is 7.10. The van der Waals surface area contributed by atoms with Crippen molar-refractivity contribution in [3.63, 3.8) is 0 Å². The van der Waals surface area contributed by atoms with E-state index in [0.29, 0.717) is 10.8 Å². The van der Waals surface area contributed by atoms with Crippen molar-refractivity contribution in [1.82, 2.24) is 5.32 Å². The van der Waals surface area contributed by atoms with E-state index < -0.39 is 0 Å². The van der Waals surface area contributed by atoms with E-state index in [1.807, 2.05) is 12.1 Å². The summed E-state index contributed by atoms with van der Waals surface area (Å²) in [6.07, 6.45) is 0.896. The molecule has 1 heterocycles.